The topological polar surface area (TPSA) is 72.6 Å². The summed E-state index contributed by atoms with van der Waals surface area (Å²) in [5, 5.41) is 3.51. The average molecular weight is 336 g/mol. The maximum absolute atomic E-state index is 5.96. The van der Waals surface area contributed by atoms with Gasteiger partial charge in [-0.2, -0.15) is 4.98 Å². The summed E-state index contributed by atoms with van der Waals surface area (Å²) < 4.78 is 11.2. The van der Waals surface area contributed by atoms with E-state index in [1.165, 1.54) is 0 Å². The zero-order valence-electron chi connectivity index (χ0n) is 15.1. The van der Waals surface area contributed by atoms with E-state index in [2.05, 4.69) is 29.0 Å². The molecule has 0 radical (unpaired) electrons. The van der Waals surface area contributed by atoms with Gasteiger partial charge in [-0.15, -0.1) is 0 Å². The van der Waals surface area contributed by atoms with Crippen molar-refractivity contribution in [1.82, 2.24) is 10.3 Å². The molecule has 1 aliphatic rings. The third-order valence-electron chi connectivity index (χ3n) is 4.16. The molecule has 1 saturated heterocycles. The molecule has 0 saturated carbocycles. The molecule has 3 N–H and O–H groups in total. The molecular formula is C18H32N4O2. The number of pyridine rings is 1. The SMILES string of the molecule is CCCN(CCC)c1cc(N)nc(OCCNC2CCOCC2)c1. The maximum atomic E-state index is 5.96. The quantitative estimate of drug-likeness (QED) is 0.639. The van der Waals surface area contributed by atoms with Crippen molar-refractivity contribution in [2.45, 2.75) is 45.6 Å². The van der Waals surface area contributed by atoms with Crippen LogP contribution in [0.15, 0.2) is 12.1 Å². The molecule has 0 aliphatic carbocycles. The summed E-state index contributed by atoms with van der Waals surface area (Å²) in [6.45, 7) is 9.51. The predicted molar refractivity (Wildman–Crippen MR) is 98.8 cm³/mol. The van der Waals surface area contributed by atoms with Crippen LogP contribution in [0.1, 0.15) is 39.5 Å². The second-order valence-electron chi connectivity index (χ2n) is 6.26. The molecule has 0 bridgehead atoms. The molecule has 6 heteroatoms. The number of nitrogen functional groups attached to an aromatic ring is 1. The van der Waals surface area contributed by atoms with Gasteiger partial charge in [-0.1, -0.05) is 13.8 Å². The van der Waals surface area contributed by atoms with Crippen molar-refractivity contribution in [3.63, 3.8) is 0 Å². The highest BCUT2D eigenvalue weighted by molar-refractivity contribution is 5.55. The molecule has 1 aromatic heterocycles. The van der Waals surface area contributed by atoms with Gasteiger partial charge in [0.25, 0.3) is 0 Å². The Balaban J connectivity index is 1.85. The Labute approximate surface area is 145 Å². The van der Waals surface area contributed by atoms with Gasteiger partial charge in [0.05, 0.1) is 0 Å². The second-order valence-corrected chi connectivity index (χ2v) is 6.26. The van der Waals surface area contributed by atoms with E-state index >= 15 is 0 Å². The fourth-order valence-electron chi connectivity index (χ4n) is 3.00. The number of nitrogens with two attached hydrogens (primary N) is 1. The summed E-state index contributed by atoms with van der Waals surface area (Å²) in [7, 11) is 0. The number of anilines is 2. The molecule has 0 amide bonds. The van der Waals surface area contributed by atoms with Crippen LogP contribution in [0.4, 0.5) is 11.5 Å². The van der Waals surface area contributed by atoms with Crippen molar-refractivity contribution in [1.29, 1.82) is 0 Å². The zero-order valence-corrected chi connectivity index (χ0v) is 15.1. The smallest absolute Gasteiger partial charge is 0.217 e. The fraction of sp³-hybridized carbons (Fsp3) is 0.722. The van der Waals surface area contributed by atoms with Crippen molar-refractivity contribution in [2.75, 3.05) is 50.1 Å². The third kappa shape index (κ3) is 6.17. The Morgan fingerprint density at radius 2 is 1.96 bits per heavy atom. The summed E-state index contributed by atoms with van der Waals surface area (Å²) in [4.78, 5) is 6.64. The Hall–Kier alpha value is -1.53. The van der Waals surface area contributed by atoms with Gasteiger partial charge in [0.1, 0.15) is 12.4 Å². The minimum Gasteiger partial charge on any atom is -0.476 e. The van der Waals surface area contributed by atoms with E-state index in [9.17, 15) is 0 Å². The molecule has 136 valence electrons. The highest BCUT2D eigenvalue weighted by Gasteiger charge is 2.13. The molecule has 0 atom stereocenters. The zero-order chi connectivity index (χ0) is 17.2. The number of rotatable bonds is 10. The van der Waals surface area contributed by atoms with E-state index in [0.717, 1.165) is 64.2 Å². The van der Waals surface area contributed by atoms with E-state index < -0.39 is 0 Å². The first-order valence-electron chi connectivity index (χ1n) is 9.19. The van der Waals surface area contributed by atoms with Crippen LogP contribution >= 0.6 is 0 Å². The first-order chi connectivity index (χ1) is 11.7. The fourth-order valence-corrected chi connectivity index (χ4v) is 3.00. The normalized spacial score (nSPS) is 15.4. The summed E-state index contributed by atoms with van der Waals surface area (Å²) in [5.41, 5.74) is 7.06. The third-order valence-corrected chi connectivity index (χ3v) is 4.16. The van der Waals surface area contributed by atoms with Gasteiger partial charge in [0.15, 0.2) is 0 Å². The number of hydrogen-bond acceptors (Lipinski definition) is 6. The highest BCUT2D eigenvalue weighted by Crippen LogP contribution is 2.23. The molecule has 6 nitrogen and oxygen atoms in total. The van der Waals surface area contributed by atoms with Gasteiger partial charge in [0.2, 0.25) is 5.88 Å². The minimum atomic E-state index is 0.511. The lowest BCUT2D eigenvalue weighted by molar-refractivity contribution is 0.0770. The van der Waals surface area contributed by atoms with E-state index in [-0.39, 0.29) is 0 Å². The van der Waals surface area contributed by atoms with Gasteiger partial charge in [0, 0.05) is 56.7 Å². The van der Waals surface area contributed by atoms with Crippen LogP contribution in [0.3, 0.4) is 0 Å². The molecule has 0 aromatic carbocycles. The van der Waals surface area contributed by atoms with Crippen molar-refractivity contribution < 1.29 is 9.47 Å². The van der Waals surface area contributed by atoms with Crippen molar-refractivity contribution in [2.24, 2.45) is 0 Å². The number of hydrogen-bond donors (Lipinski definition) is 2. The number of nitrogens with zero attached hydrogens (tertiary/aromatic N) is 2. The molecule has 24 heavy (non-hydrogen) atoms. The van der Waals surface area contributed by atoms with E-state index in [4.69, 9.17) is 15.2 Å². The van der Waals surface area contributed by atoms with Crippen LogP contribution in [0, 0.1) is 0 Å². The van der Waals surface area contributed by atoms with Crippen LogP contribution in [0.25, 0.3) is 0 Å². The molecule has 1 fully saturated rings. The van der Waals surface area contributed by atoms with Gasteiger partial charge in [-0.05, 0) is 25.7 Å². The van der Waals surface area contributed by atoms with Crippen LogP contribution in [-0.2, 0) is 4.74 Å². The first kappa shape index (κ1) is 18.8. The number of aromatic nitrogens is 1. The lowest BCUT2D eigenvalue weighted by Gasteiger charge is -2.24. The predicted octanol–water partition coefficient (Wildman–Crippen LogP) is 2.44. The highest BCUT2D eigenvalue weighted by atomic mass is 16.5. The maximum Gasteiger partial charge on any atom is 0.217 e. The van der Waals surface area contributed by atoms with Crippen LogP contribution in [0.2, 0.25) is 0 Å². The molecule has 2 heterocycles. The molecule has 1 aromatic rings. The van der Waals surface area contributed by atoms with Gasteiger partial charge in [-0.25, -0.2) is 0 Å². The second kappa shape index (κ2) is 10.4. The summed E-state index contributed by atoms with van der Waals surface area (Å²) in [6, 6.07) is 4.46. The number of nitrogens with one attached hydrogen (secondary N) is 1. The molecular weight excluding hydrogens is 304 g/mol. The summed E-state index contributed by atoms with van der Waals surface area (Å²) >= 11 is 0. The van der Waals surface area contributed by atoms with Crippen molar-refractivity contribution in [3.05, 3.63) is 12.1 Å². The van der Waals surface area contributed by atoms with Crippen LogP contribution < -0.4 is 20.7 Å². The van der Waals surface area contributed by atoms with E-state index in [1.807, 2.05) is 12.1 Å². The van der Waals surface area contributed by atoms with E-state index in [0.29, 0.717) is 24.3 Å². The molecule has 2 rings (SSSR count). The molecule has 0 spiro atoms. The monoisotopic (exact) mass is 336 g/mol. The summed E-state index contributed by atoms with van der Waals surface area (Å²) in [5.74, 6) is 1.12. The van der Waals surface area contributed by atoms with E-state index in [1.54, 1.807) is 0 Å². The Bertz CT molecular complexity index is 472. The Morgan fingerprint density at radius 1 is 1.25 bits per heavy atom. The van der Waals surface area contributed by atoms with Gasteiger partial charge < -0.3 is 25.4 Å². The first-order valence-corrected chi connectivity index (χ1v) is 9.19. The lowest BCUT2D eigenvalue weighted by atomic mass is 10.1. The minimum absolute atomic E-state index is 0.511. The summed E-state index contributed by atoms with van der Waals surface area (Å²) in [6.07, 6.45) is 4.36. The molecule has 1 aliphatic heterocycles. The Kier molecular flexibility index (Phi) is 8.12. The lowest BCUT2D eigenvalue weighted by Crippen LogP contribution is -2.37. The molecule has 0 unspecified atom stereocenters. The van der Waals surface area contributed by atoms with Crippen molar-refractivity contribution in [3.8, 4) is 5.88 Å². The standard InChI is InChI=1S/C18H32N4O2/c1-3-8-22(9-4-2)16-13-17(19)21-18(14-16)24-12-7-20-15-5-10-23-11-6-15/h13-15,20H,3-12H2,1-2H3,(H2,19,21). The van der Waals surface area contributed by atoms with Crippen LogP contribution in [0.5, 0.6) is 5.88 Å². The van der Waals surface area contributed by atoms with Crippen molar-refractivity contribution >= 4 is 11.5 Å². The van der Waals surface area contributed by atoms with Gasteiger partial charge >= 0.3 is 0 Å². The average Bonchev–Trinajstić information content (AvgIpc) is 2.59. The van der Waals surface area contributed by atoms with Crippen LogP contribution in [-0.4, -0.2) is 50.5 Å². The van der Waals surface area contributed by atoms with Gasteiger partial charge in [-0.3, -0.25) is 0 Å². The number of ether oxygens (including phenoxy) is 2. The Morgan fingerprint density at radius 3 is 2.62 bits per heavy atom. The largest absolute Gasteiger partial charge is 0.476 e.